The van der Waals surface area contributed by atoms with Crippen LogP contribution in [0.5, 0.6) is 0 Å². The van der Waals surface area contributed by atoms with Gasteiger partial charge in [0.1, 0.15) is 11.0 Å². The first-order valence-corrected chi connectivity index (χ1v) is 6.55. The van der Waals surface area contributed by atoms with Gasteiger partial charge in [0, 0.05) is 12.6 Å². The number of aromatic nitrogens is 2. The summed E-state index contributed by atoms with van der Waals surface area (Å²) in [6.07, 6.45) is 6.47. The lowest BCUT2D eigenvalue weighted by molar-refractivity contribution is 0.306. The van der Waals surface area contributed by atoms with E-state index in [1.807, 2.05) is 0 Å². The van der Waals surface area contributed by atoms with E-state index < -0.39 is 0 Å². The molecule has 0 aliphatic heterocycles. The molecule has 0 unspecified atom stereocenters. The minimum Gasteiger partial charge on any atom is -0.369 e. The van der Waals surface area contributed by atoms with Crippen molar-refractivity contribution >= 4 is 23.4 Å². The molecule has 94 valence electrons. The maximum atomic E-state index is 5.84. The standard InChI is InChI=1S/C12H19ClN4/c1-2-12(5-3-4-6-12)8-15-10-7-9(13)16-11(14)17-10/h7H,2-6,8H2,1H3,(H3,14,15,16,17). The summed E-state index contributed by atoms with van der Waals surface area (Å²) < 4.78 is 0. The number of hydrogen-bond donors (Lipinski definition) is 2. The highest BCUT2D eigenvalue weighted by atomic mass is 35.5. The molecule has 1 aromatic heterocycles. The summed E-state index contributed by atoms with van der Waals surface area (Å²) in [7, 11) is 0. The molecule has 2 rings (SSSR count). The molecule has 1 fully saturated rings. The third kappa shape index (κ3) is 3.00. The number of nitrogens with zero attached hydrogens (tertiary/aromatic N) is 2. The van der Waals surface area contributed by atoms with Gasteiger partial charge in [-0.1, -0.05) is 31.4 Å². The molecule has 1 saturated carbocycles. The van der Waals surface area contributed by atoms with Crippen LogP contribution < -0.4 is 11.1 Å². The molecule has 3 N–H and O–H groups in total. The van der Waals surface area contributed by atoms with E-state index in [0.717, 1.165) is 12.4 Å². The Morgan fingerprint density at radius 3 is 2.71 bits per heavy atom. The summed E-state index contributed by atoms with van der Waals surface area (Å²) in [6, 6.07) is 1.72. The molecular formula is C12H19ClN4. The molecule has 0 bridgehead atoms. The Morgan fingerprint density at radius 2 is 2.12 bits per heavy atom. The minimum atomic E-state index is 0.219. The second-order valence-electron chi connectivity index (χ2n) is 4.85. The molecule has 0 saturated heterocycles. The number of anilines is 2. The molecule has 1 aliphatic carbocycles. The topological polar surface area (TPSA) is 63.8 Å². The van der Waals surface area contributed by atoms with Gasteiger partial charge in [0.25, 0.3) is 0 Å². The lowest BCUT2D eigenvalue weighted by Gasteiger charge is -2.27. The average Bonchev–Trinajstić information content (AvgIpc) is 2.74. The van der Waals surface area contributed by atoms with Crippen LogP contribution in [0.1, 0.15) is 39.0 Å². The molecule has 4 nitrogen and oxygen atoms in total. The lowest BCUT2D eigenvalue weighted by Crippen LogP contribution is -2.26. The van der Waals surface area contributed by atoms with Crippen LogP contribution in [0, 0.1) is 5.41 Å². The van der Waals surface area contributed by atoms with Crippen molar-refractivity contribution in [2.75, 3.05) is 17.6 Å². The molecule has 0 spiro atoms. The van der Waals surface area contributed by atoms with Crippen LogP contribution >= 0.6 is 11.6 Å². The van der Waals surface area contributed by atoms with Crippen LogP contribution in [-0.2, 0) is 0 Å². The van der Waals surface area contributed by atoms with Crippen molar-refractivity contribution < 1.29 is 0 Å². The Bertz CT molecular complexity index is 368. The Hall–Kier alpha value is -1.03. The molecule has 0 amide bonds. The van der Waals surface area contributed by atoms with Gasteiger partial charge in [-0.3, -0.25) is 0 Å². The Kier molecular flexibility index (Phi) is 3.72. The quantitative estimate of drug-likeness (QED) is 0.811. The first-order chi connectivity index (χ1) is 8.13. The van der Waals surface area contributed by atoms with E-state index in [0.29, 0.717) is 10.6 Å². The maximum Gasteiger partial charge on any atom is 0.223 e. The van der Waals surface area contributed by atoms with E-state index >= 15 is 0 Å². The van der Waals surface area contributed by atoms with Gasteiger partial charge in [-0.15, -0.1) is 0 Å². The van der Waals surface area contributed by atoms with Crippen molar-refractivity contribution in [1.82, 2.24) is 9.97 Å². The van der Waals surface area contributed by atoms with E-state index in [9.17, 15) is 0 Å². The molecule has 1 aromatic rings. The predicted octanol–water partition coefficient (Wildman–Crippen LogP) is 3.09. The van der Waals surface area contributed by atoms with Gasteiger partial charge in [-0.2, -0.15) is 4.98 Å². The summed E-state index contributed by atoms with van der Waals surface area (Å²) in [4.78, 5) is 7.98. The fourth-order valence-electron chi connectivity index (χ4n) is 2.58. The second-order valence-corrected chi connectivity index (χ2v) is 5.24. The van der Waals surface area contributed by atoms with Crippen LogP contribution in [0.3, 0.4) is 0 Å². The highest BCUT2D eigenvalue weighted by molar-refractivity contribution is 6.29. The minimum absolute atomic E-state index is 0.219. The third-order valence-electron chi connectivity index (χ3n) is 3.77. The van der Waals surface area contributed by atoms with Crippen molar-refractivity contribution in [2.45, 2.75) is 39.0 Å². The maximum absolute atomic E-state index is 5.84. The second kappa shape index (κ2) is 5.08. The fraction of sp³-hybridized carbons (Fsp3) is 0.667. The zero-order valence-electron chi connectivity index (χ0n) is 10.2. The Morgan fingerprint density at radius 1 is 1.41 bits per heavy atom. The first-order valence-electron chi connectivity index (χ1n) is 6.17. The van der Waals surface area contributed by atoms with Gasteiger partial charge >= 0.3 is 0 Å². The molecule has 0 atom stereocenters. The van der Waals surface area contributed by atoms with Gasteiger partial charge in [0.2, 0.25) is 5.95 Å². The van der Waals surface area contributed by atoms with Gasteiger partial charge in [-0.25, -0.2) is 4.98 Å². The number of nitrogen functional groups attached to an aromatic ring is 1. The number of rotatable bonds is 4. The van der Waals surface area contributed by atoms with Crippen molar-refractivity contribution in [2.24, 2.45) is 5.41 Å². The van der Waals surface area contributed by atoms with Gasteiger partial charge < -0.3 is 11.1 Å². The number of nitrogens with one attached hydrogen (secondary N) is 1. The third-order valence-corrected chi connectivity index (χ3v) is 3.96. The monoisotopic (exact) mass is 254 g/mol. The lowest BCUT2D eigenvalue weighted by atomic mass is 9.83. The summed E-state index contributed by atoms with van der Waals surface area (Å²) in [5.74, 6) is 0.944. The summed E-state index contributed by atoms with van der Waals surface area (Å²) in [5.41, 5.74) is 5.98. The van der Waals surface area contributed by atoms with Crippen LogP contribution in [-0.4, -0.2) is 16.5 Å². The normalized spacial score (nSPS) is 18.2. The van der Waals surface area contributed by atoms with E-state index in [4.69, 9.17) is 17.3 Å². The average molecular weight is 255 g/mol. The summed E-state index contributed by atoms with van der Waals surface area (Å²) in [6.45, 7) is 3.20. The van der Waals surface area contributed by atoms with Crippen LogP contribution in [0.2, 0.25) is 5.15 Å². The van der Waals surface area contributed by atoms with Crippen molar-refractivity contribution in [3.05, 3.63) is 11.2 Å². The molecule has 17 heavy (non-hydrogen) atoms. The molecule has 0 radical (unpaired) electrons. The molecule has 1 aliphatic rings. The summed E-state index contributed by atoms with van der Waals surface area (Å²) in [5, 5.41) is 3.73. The zero-order chi connectivity index (χ0) is 12.3. The molecule has 0 aromatic carbocycles. The van der Waals surface area contributed by atoms with Crippen molar-refractivity contribution in [1.29, 1.82) is 0 Å². The first kappa shape index (κ1) is 12.4. The number of hydrogen-bond acceptors (Lipinski definition) is 4. The molecular weight excluding hydrogens is 236 g/mol. The molecule has 1 heterocycles. The highest BCUT2D eigenvalue weighted by Gasteiger charge is 2.31. The van der Waals surface area contributed by atoms with Crippen molar-refractivity contribution in [3.8, 4) is 0 Å². The highest BCUT2D eigenvalue weighted by Crippen LogP contribution is 2.40. The Labute approximate surface area is 107 Å². The van der Waals surface area contributed by atoms with E-state index in [2.05, 4.69) is 22.2 Å². The SMILES string of the molecule is CCC1(CNc2cc(Cl)nc(N)n2)CCCC1. The zero-order valence-corrected chi connectivity index (χ0v) is 10.9. The number of nitrogens with two attached hydrogens (primary N) is 1. The number of halogens is 1. The van der Waals surface area contributed by atoms with E-state index in [1.54, 1.807) is 6.07 Å². The van der Waals surface area contributed by atoms with Crippen LogP contribution in [0.15, 0.2) is 6.07 Å². The largest absolute Gasteiger partial charge is 0.369 e. The van der Waals surface area contributed by atoms with Crippen LogP contribution in [0.25, 0.3) is 0 Å². The smallest absolute Gasteiger partial charge is 0.223 e. The predicted molar refractivity (Wildman–Crippen MR) is 71.1 cm³/mol. The van der Waals surface area contributed by atoms with Gasteiger partial charge in [-0.05, 0) is 24.7 Å². The summed E-state index contributed by atoms with van der Waals surface area (Å²) >= 11 is 5.84. The van der Waals surface area contributed by atoms with Gasteiger partial charge in [0.05, 0.1) is 0 Å². The van der Waals surface area contributed by atoms with E-state index in [1.165, 1.54) is 32.1 Å². The van der Waals surface area contributed by atoms with Gasteiger partial charge in [0.15, 0.2) is 0 Å². The van der Waals surface area contributed by atoms with Crippen LogP contribution in [0.4, 0.5) is 11.8 Å². The van der Waals surface area contributed by atoms with E-state index in [-0.39, 0.29) is 5.95 Å². The Balaban J connectivity index is 2.01. The fourth-order valence-corrected chi connectivity index (χ4v) is 2.77. The molecule has 5 heteroatoms. The van der Waals surface area contributed by atoms with Crippen molar-refractivity contribution in [3.63, 3.8) is 0 Å².